The van der Waals surface area contributed by atoms with Crippen LogP contribution in [0.1, 0.15) is 42.2 Å². The maximum Gasteiger partial charge on any atom is 0.277 e. The van der Waals surface area contributed by atoms with Crippen molar-refractivity contribution in [2.75, 3.05) is 5.32 Å². The van der Waals surface area contributed by atoms with Gasteiger partial charge >= 0.3 is 0 Å². The molecule has 1 saturated heterocycles. The lowest BCUT2D eigenvalue weighted by atomic mass is 9.72. The summed E-state index contributed by atoms with van der Waals surface area (Å²) in [5.74, 6) is -0.511. The van der Waals surface area contributed by atoms with Gasteiger partial charge in [-0.25, -0.2) is 0 Å². The van der Waals surface area contributed by atoms with Crippen LogP contribution in [0.4, 0.5) is 5.69 Å². The molecule has 8 heteroatoms. The minimum absolute atomic E-state index is 0.134. The van der Waals surface area contributed by atoms with Crippen LogP contribution in [-0.4, -0.2) is 22.9 Å². The predicted molar refractivity (Wildman–Crippen MR) is 116 cm³/mol. The molecule has 4 rings (SSSR count). The molecule has 158 valence electrons. The van der Waals surface area contributed by atoms with Gasteiger partial charge < -0.3 is 9.84 Å². The van der Waals surface area contributed by atoms with E-state index in [9.17, 15) is 14.4 Å². The fourth-order valence-electron chi connectivity index (χ4n) is 3.79. The van der Waals surface area contributed by atoms with Gasteiger partial charge in [-0.05, 0) is 42.7 Å². The largest absolute Gasteiger partial charge is 0.355 e. The first-order valence-electron chi connectivity index (χ1n) is 9.90. The Morgan fingerprint density at radius 3 is 2.65 bits per heavy atom. The van der Waals surface area contributed by atoms with Crippen molar-refractivity contribution in [3.8, 4) is 11.3 Å². The second-order valence-electron chi connectivity index (χ2n) is 7.43. The number of hydrogen-bond acceptors (Lipinski definition) is 5. The van der Waals surface area contributed by atoms with E-state index in [1.54, 1.807) is 48.5 Å². The van der Waals surface area contributed by atoms with Gasteiger partial charge in [0.05, 0.1) is 5.41 Å². The number of halogens is 1. The zero-order chi connectivity index (χ0) is 22.0. The van der Waals surface area contributed by atoms with Gasteiger partial charge in [0.1, 0.15) is 0 Å². The van der Waals surface area contributed by atoms with Crippen molar-refractivity contribution in [1.82, 2.24) is 10.5 Å². The maximum absolute atomic E-state index is 12.6. The highest BCUT2D eigenvalue weighted by molar-refractivity contribution is 6.30. The Morgan fingerprint density at radius 2 is 1.97 bits per heavy atom. The minimum atomic E-state index is -0.742. The molecule has 0 saturated carbocycles. The van der Waals surface area contributed by atoms with E-state index in [1.807, 2.05) is 13.0 Å². The molecule has 1 atom stereocenters. The SMILES string of the molecule is CCC1(c2ccc(NC(=O)c3cc(-c4cccc(Cl)c4)on3)cc2)CCC(=O)NC1=O. The summed E-state index contributed by atoms with van der Waals surface area (Å²) >= 11 is 5.99. The molecule has 2 N–H and O–H groups in total. The molecule has 0 bridgehead atoms. The highest BCUT2D eigenvalue weighted by atomic mass is 35.5. The van der Waals surface area contributed by atoms with Crippen LogP contribution in [0.5, 0.6) is 0 Å². The van der Waals surface area contributed by atoms with Crippen molar-refractivity contribution >= 4 is 35.0 Å². The summed E-state index contributed by atoms with van der Waals surface area (Å²) in [6.07, 6.45) is 1.34. The van der Waals surface area contributed by atoms with E-state index in [-0.39, 0.29) is 17.5 Å². The van der Waals surface area contributed by atoms with Crippen LogP contribution in [0, 0.1) is 0 Å². The number of rotatable bonds is 5. The molecular weight excluding hydrogens is 418 g/mol. The van der Waals surface area contributed by atoms with E-state index in [0.29, 0.717) is 35.7 Å². The predicted octanol–water partition coefficient (Wildman–Crippen LogP) is 4.33. The van der Waals surface area contributed by atoms with E-state index in [0.717, 1.165) is 11.1 Å². The maximum atomic E-state index is 12.6. The fourth-order valence-corrected chi connectivity index (χ4v) is 3.98. The summed E-state index contributed by atoms with van der Waals surface area (Å²) in [6, 6.07) is 15.7. The van der Waals surface area contributed by atoms with Crippen LogP contribution < -0.4 is 10.6 Å². The molecule has 1 aliphatic heterocycles. The number of carbonyl (C=O) groups is 3. The average molecular weight is 438 g/mol. The quantitative estimate of drug-likeness (QED) is 0.578. The number of carbonyl (C=O) groups excluding carboxylic acids is 3. The number of amides is 3. The lowest BCUT2D eigenvalue weighted by molar-refractivity contribution is -0.138. The zero-order valence-corrected chi connectivity index (χ0v) is 17.5. The normalized spacial score (nSPS) is 18.5. The van der Waals surface area contributed by atoms with Gasteiger partial charge in [0, 0.05) is 28.8 Å². The Kier molecular flexibility index (Phi) is 5.61. The number of hydrogen-bond donors (Lipinski definition) is 2. The molecule has 1 aliphatic rings. The van der Waals surface area contributed by atoms with Gasteiger partial charge in [-0.2, -0.15) is 0 Å². The Labute approximate surface area is 183 Å². The molecule has 0 spiro atoms. The zero-order valence-electron chi connectivity index (χ0n) is 16.8. The van der Waals surface area contributed by atoms with Crippen LogP contribution in [0.2, 0.25) is 5.02 Å². The third kappa shape index (κ3) is 4.09. The van der Waals surface area contributed by atoms with Gasteiger partial charge in [0.25, 0.3) is 5.91 Å². The van der Waals surface area contributed by atoms with Crippen molar-refractivity contribution in [3.05, 3.63) is 70.9 Å². The lowest BCUT2D eigenvalue weighted by Crippen LogP contribution is -2.51. The van der Waals surface area contributed by atoms with Gasteiger partial charge in [0.15, 0.2) is 11.5 Å². The number of aromatic nitrogens is 1. The molecule has 3 aromatic rings. The summed E-state index contributed by atoms with van der Waals surface area (Å²) in [5.41, 5.74) is 1.48. The second kappa shape index (κ2) is 8.35. The molecule has 2 heterocycles. The number of imide groups is 1. The first-order valence-corrected chi connectivity index (χ1v) is 10.3. The highest BCUT2D eigenvalue weighted by Gasteiger charge is 2.42. The molecule has 1 aromatic heterocycles. The third-order valence-corrected chi connectivity index (χ3v) is 5.85. The summed E-state index contributed by atoms with van der Waals surface area (Å²) in [6.45, 7) is 1.92. The molecule has 0 aliphatic carbocycles. The summed E-state index contributed by atoms with van der Waals surface area (Å²) < 4.78 is 5.27. The van der Waals surface area contributed by atoms with Gasteiger partial charge in [0.2, 0.25) is 11.8 Å². The minimum Gasteiger partial charge on any atom is -0.355 e. The number of anilines is 1. The second-order valence-corrected chi connectivity index (χ2v) is 7.87. The number of benzene rings is 2. The van der Waals surface area contributed by atoms with Crippen LogP contribution in [-0.2, 0) is 15.0 Å². The van der Waals surface area contributed by atoms with Crippen molar-refractivity contribution in [2.24, 2.45) is 0 Å². The average Bonchev–Trinajstić information content (AvgIpc) is 3.26. The standard InChI is InChI=1S/C23H20ClN3O4/c1-2-23(11-10-20(28)26-22(23)30)15-6-8-17(9-7-15)25-21(29)18-13-19(31-27-18)14-4-3-5-16(24)12-14/h3-9,12-13H,2,10-11H2,1H3,(H,25,29)(H,26,28,30). The van der Waals surface area contributed by atoms with E-state index in [1.165, 1.54) is 0 Å². The number of piperidine rings is 1. The first-order chi connectivity index (χ1) is 14.9. The molecule has 3 amide bonds. The first kappa shape index (κ1) is 20.8. The Balaban J connectivity index is 1.49. The third-order valence-electron chi connectivity index (χ3n) is 5.62. The van der Waals surface area contributed by atoms with Crippen molar-refractivity contribution in [1.29, 1.82) is 0 Å². The summed E-state index contributed by atoms with van der Waals surface area (Å²) in [7, 11) is 0. The summed E-state index contributed by atoms with van der Waals surface area (Å²) in [4.78, 5) is 36.6. The molecule has 2 aromatic carbocycles. The van der Waals surface area contributed by atoms with E-state index >= 15 is 0 Å². The molecule has 1 unspecified atom stereocenters. The van der Waals surface area contributed by atoms with Crippen LogP contribution in [0.25, 0.3) is 11.3 Å². The summed E-state index contributed by atoms with van der Waals surface area (Å²) in [5, 5.41) is 9.60. The lowest BCUT2D eigenvalue weighted by Gasteiger charge is -2.35. The van der Waals surface area contributed by atoms with Crippen molar-refractivity contribution in [2.45, 2.75) is 31.6 Å². The molecule has 31 heavy (non-hydrogen) atoms. The fraction of sp³-hybridized carbons (Fsp3) is 0.217. The smallest absolute Gasteiger partial charge is 0.277 e. The van der Waals surface area contributed by atoms with Crippen LogP contribution in [0.15, 0.2) is 59.1 Å². The van der Waals surface area contributed by atoms with Gasteiger partial charge in [-0.15, -0.1) is 0 Å². The van der Waals surface area contributed by atoms with Gasteiger partial charge in [-0.3, -0.25) is 19.7 Å². The number of nitrogens with zero attached hydrogens (tertiary/aromatic N) is 1. The van der Waals surface area contributed by atoms with Crippen molar-refractivity contribution in [3.63, 3.8) is 0 Å². The van der Waals surface area contributed by atoms with E-state index in [2.05, 4.69) is 15.8 Å². The number of nitrogens with one attached hydrogen (secondary N) is 2. The van der Waals surface area contributed by atoms with Crippen LogP contribution in [0.3, 0.4) is 0 Å². The molecule has 1 fully saturated rings. The van der Waals surface area contributed by atoms with Crippen LogP contribution >= 0.6 is 11.6 Å². The molecule has 7 nitrogen and oxygen atoms in total. The van der Waals surface area contributed by atoms with E-state index < -0.39 is 11.3 Å². The highest BCUT2D eigenvalue weighted by Crippen LogP contribution is 2.36. The van der Waals surface area contributed by atoms with Crippen molar-refractivity contribution < 1.29 is 18.9 Å². The molecular formula is C23H20ClN3O4. The topological polar surface area (TPSA) is 101 Å². The Bertz CT molecular complexity index is 1160. The monoisotopic (exact) mass is 437 g/mol. The van der Waals surface area contributed by atoms with E-state index in [4.69, 9.17) is 16.1 Å². The van der Waals surface area contributed by atoms with Gasteiger partial charge in [-0.1, -0.05) is 47.9 Å². The molecule has 0 radical (unpaired) electrons. The Hall–Kier alpha value is -3.45. The Morgan fingerprint density at radius 1 is 1.19 bits per heavy atom.